The maximum Gasteiger partial charge on any atom is 0.269 e. The molecule has 0 aliphatic rings. The van der Waals surface area contributed by atoms with E-state index in [0.717, 1.165) is 5.56 Å². The minimum atomic E-state index is -2.51. The summed E-state index contributed by atoms with van der Waals surface area (Å²) in [6, 6.07) is 6.07. The van der Waals surface area contributed by atoms with Crippen LogP contribution in [0.3, 0.4) is 0 Å². The monoisotopic (exact) mass is 257 g/mol. The van der Waals surface area contributed by atoms with Gasteiger partial charge in [-0.05, 0) is 17.7 Å². The van der Waals surface area contributed by atoms with Gasteiger partial charge in [-0.25, -0.2) is 0 Å². The summed E-state index contributed by atoms with van der Waals surface area (Å²) in [4.78, 5) is 10.0. The summed E-state index contributed by atoms with van der Waals surface area (Å²) in [5, 5.41) is 10.5. The molecule has 1 aromatic carbocycles. The first-order valence-electron chi connectivity index (χ1n) is 5.46. The Morgan fingerprint density at radius 2 is 1.76 bits per heavy atom. The van der Waals surface area contributed by atoms with E-state index in [2.05, 4.69) is 0 Å². The van der Waals surface area contributed by atoms with Gasteiger partial charge in [0.25, 0.3) is 5.69 Å². The van der Waals surface area contributed by atoms with Crippen LogP contribution in [0.5, 0.6) is 0 Å². The standard InChI is InChI=1S/C11H16NO4P/c1-3-17(15,4-2)16-9-10-5-7-11(8-6-10)12(13)14/h5-8H,3-4,9H2,1-2H3. The number of benzene rings is 1. The van der Waals surface area contributed by atoms with E-state index in [1.807, 2.05) is 13.8 Å². The van der Waals surface area contributed by atoms with Gasteiger partial charge in [0.15, 0.2) is 0 Å². The number of rotatable bonds is 6. The molecule has 0 radical (unpaired) electrons. The molecule has 1 rings (SSSR count). The van der Waals surface area contributed by atoms with Crippen LogP contribution in [0.2, 0.25) is 0 Å². The van der Waals surface area contributed by atoms with Crippen molar-refractivity contribution in [3.63, 3.8) is 0 Å². The van der Waals surface area contributed by atoms with Crippen molar-refractivity contribution in [3.8, 4) is 0 Å². The van der Waals surface area contributed by atoms with Crippen LogP contribution in [0.25, 0.3) is 0 Å². The van der Waals surface area contributed by atoms with Crippen LogP contribution >= 0.6 is 7.37 Å². The number of hydrogen-bond donors (Lipinski definition) is 0. The molecule has 0 aliphatic heterocycles. The Kier molecular flexibility index (Phi) is 4.85. The highest BCUT2D eigenvalue weighted by Crippen LogP contribution is 2.46. The zero-order chi connectivity index (χ0) is 12.9. The first-order chi connectivity index (χ1) is 8.00. The zero-order valence-corrected chi connectivity index (χ0v) is 10.9. The molecule has 0 spiro atoms. The van der Waals surface area contributed by atoms with Crippen LogP contribution in [0.4, 0.5) is 5.69 Å². The van der Waals surface area contributed by atoms with Crippen LogP contribution in [0, 0.1) is 10.1 Å². The molecule has 0 heterocycles. The van der Waals surface area contributed by atoms with E-state index >= 15 is 0 Å². The molecule has 0 atom stereocenters. The maximum atomic E-state index is 12.0. The first-order valence-corrected chi connectivity index (χ1v) is 7.46. The third-order valence-electron chi connectivity index (χ3n) is 2.58. The van der Waals surface area contributed by atoms with Crippen molar-refractivity contribution in [1.82, 2.24) is 0 Å². The van der Waals surface area contributed by atoms with Crippen molar-refractivity contribution in [2.24, 2.45) is 0 Å². The predicted octanol–water partition coefficient (Wildman–Crippen LogP) is 3.43. The van der Waals surface area contributed by atoms with Gasteiger partial charge in [0.1, 0.15) is 0 Å². The number of non-ortho nitro benzene ring substituents is 1. The Balaban J connectivity index is 2.64. The number of nitro benzene ring substituents is 1. The average Bonchev–Trinajstić information content (AvgIpc) is 2.36. The molecular weight excluding hydrogens is 241 g/mol. The molecule has 94 valence electrons. The second kappa shape index (κ2) is 5.94. The highest BCUT2D eigenvalue weighted by molar-refractivity contribution is 7.58. The van der Waals surface area contributed by atoms with Gasteiger partial charge >= 0.3 is 0 Å². The number of nitro groups is 1. The summed E-state index contributed by atoms with van der Waals surface area (Å²) < 4.78 is 17.4. The SMILES string of the molecule is CCP(=O)(CC)OCc1ccc([N+](=O)[O-])cc1. The van der Waals surface area contributed by atoms with Gasteiger partial charge in [0.2, 0.25) is 7.37 Å². The van der Waals surface area contributed by atoms with E-state index in [4.69, 9.17) is 4.52 Å². The van der Waals surface area contributed by atoms with Crippen molar-refractivity contribution in [2.75, 3.05) is 12.3 Å². The quantitative estimate of drug-likeness (QED) is 0.444. The fraction of sp³-hybridized carbons (Fsp3) is 0.455. The van der Waals surface area contributed by atoms with E-state index in [1.54, 1.807) is 12.1 Å². The van der Waals surface area contributed by atoms with E-state index in [1.165, 1.54) is 12.1 Å². The highest BCUT2D eigenvalue weighted by Gasteiger charge is 2.17. The fourth-order valence-electron chi connectivity index (χ4n) is 1.31. The minimum Gasteiger partial charge on any atom is -0.324 e. The van der Waals surface area contributed by atoms with Crippen molar-refractivity contribution < 1.29 is 14.0 Å². The molecule has 0 aromatic heterocycles. The summed E-state index contributed by atoms with van der Waals surface area (Å²) in [5.41, 5.74) is 0.834. The summed E-state index contributed by atoms with van der Waals surface area (Å²) in [7, 11) is -2.51. The second-order valence-electron chi connectivity index (χ2n) is 3.64. The topological polar surface area (TPSA) is 69.4 Å². The van der Waals surface area contributed by atoms with E-state index in [0.29, 0.717) is 12.3 Å². The zero-order valence-electron chi connectivity index (χ0n) is 9.96. The Labute approximate surface area is 100 Å². The van der Waals surface area contributed by atoms with E-state index in [9.17, 15) is 14.7 Å². The van der Waals surface area contributed by atoms with E-state index in [-0.39, 0.29) is 12.3 Å². The lowest BCUT2D eigenvalue weighted by Crippen LogP contribution is -1.97. The third kappa shape index (κ3) is 3.95. The minimum absolute atomic E-state index is 0.0444. The van der Waals surface area contributed by atoms with Gasteiger partial charge in [-0.2, -0.15) is 0 Å². The normalized spacial score (nSPS) is 11.4. The lowest BCUT2D eigenvalue weighted by Gasteiger charge is -2.14. The summed E-state index contributed by atoms with van der Waals surface area (Å²) >= 11 is 0. The van der Waals surface area contributed by atoms with Crippen LogP contribution < -0.4 is 0 Å². The van der Waals surface area contributed by atoms with E-state index < -0.39 is 12.3 Å². The number of nitrogens with zero attached hydrogens (tertiary/aromatic N) is 1. The molecule has 0 bridgehead atoms. The van der Waals surface area contributed by atoms with Crippen LogP contribution in [0.1, 0.15) is 19.4 Å². The fourth-order valence-corrected chi connectivity index (χ4v) is 2.51. The summed E-state index contributed by atoms with van der Waals surface area (Å²) in [6.45, 7) is 3.90. The Morgan fingerprint density at radius 1 is 1.24 bits per heavy atom. The third-order valence-corrected chi connectivity index (χ3v) is 5.10. The number of hydrogen-bond acceptors (Lipinski definition) is 4. The average molecular weight is 257 g/mol. The molecule has 0 N–H and O–H groups in total. The Hall–Kier alpha value is -1.19. The molecule has 1 aromatic rings. The van der Waals surface area contributed by atoms with Crippen LogP contribution in [-0.2, 0) is 15.7 Å². The largest absolute Gasteiger partial charge is 0.324 e. The summed E-state index contributed by atoms with van der Waals surface area (Å²) in [6.07, 6.45) is 1.02. The lowest BCUT2D eigenvalue weighted by atomic mass is 10.2. The lowest BCUT2D eigenvalue weighted by molar-refractivity contribution is -0.384. The molecular formula is C11H16NO4P. The molecule has 0 amide bonds. The first kappa shape index (κ1) is 13.9. The Morgan fingerprint density at radius 3 is 2.18 bits per heavy atom. The van der Waals surface area contributed by atoms with Gasteiger partial charge in [0.05, 0.1) is 11.5 Å². The van der Waals surface area contributed by atoms with Gasteiger partial charge in [0, 0.05) is 24.5 Å². The van der Waals surface area contributed by atoms with Gasteiger partial charge < -0.3 is 4.52 Å². The molecule has 0 saturated heterocycles. The molecule has 0 aliphatic carbocycles. The van der Waals surface area contributed by atoms with Crippen molar-refractivity contribution >= 4 is 13.1 Å². The smallest absolute Gasteiger partial charge is 0.269 e. The van der Waals surface area contributed by atoms with Crippen LogP contribution in [0.15, 0.2) is 24.3 Å². The Bertz CT molecular complexity index is 422. The van der Waals surface area contributed by atoms with Crippen molar-refractivity contribution in [1.29, 1.82) is 0 Å². The van der Waals surface area contributed by atoms with Crippen LogP contribution in [-0.4, -0.2) is 17.2 Å². The van der Waals surface area contributed by atoms with Crippen molar-refractivity contribution in [3.05, 3.63) is 39.9 Å². The second-order valence-corrected chi connectivity index (χ2v) is 6.80. The van der Waals surface area contributed by atoms with Gasteiger partial charge in [-0.3, -0.25) is 14.7 Å². The maximum absolute atomic E-state index is 12.0. The molecule has 6 heteroatoms. The highest BCUT2D eigenvalue weighted by atomic mass is 31.2. The molecule has 0 saturated carbocycles. The molecule has 0 unspecified atom stereocenters. The van der Waals surface area contributed by atoms with Gasteiger partial charge in [-0.15, -0.1) is 0 Å². The summed E-state index contributed by atoms with van der Waals surface area (Å²) in [5.74, 6) is 0. The van der Waals surface area contributed by atoms with Crippen molar-refractivity contribution in [2.45, 2.75) is 20.5 Å². The molecule has 17 heavy (non-hydrogen) atoms. The predicted molar refractivity (Wildman–Crippen MR) is 66.6 cm³/mol. The molecule has 0 fully saturated rings. The molecule has 5 nitrogen and oxygen atoms in total. The van der Waals surface area contributed by atoms with Gasteiger partial charge in [-0.1, -0.05) is 13.8 Å².